The van der Waals surface area contributed by atoms with E-state index in [-0.39, 0.29) is 12.6 Å². The molecule has 0 aromatic carbocycles. The maximum atomic E-state index is 12.1. The third kappa shape index (κ3) is 2.48. The molecule has 0 atom stereocenters. The normalized spacial score (nSPS) is 23.9. The van der Waals surface area contributed by atoms with Crippen LogP contribution in [0.4, 0.5) is 4.39 Å². The number of piperidine rings is 1. The second kappa shape index (κ2) is 4.92. The third-order valence-corrected chi connectivity index (χ3v) is 3.57. The number of amides is 1. The SMILES string of the molecule is O=C(C1CNC1)N1CCC(CCF)CC1. The van der Waals surface area contributed by atoms with Crippen molar-refractivity contribution in [3.05, 3.63) is 0 Å². The molecule has 0 unspecified atom stereocenters. The van der Waals surface area contributed by atoms with E-state index in [1.54, 1.807) is 0 Å². The molecule has 2 heterocycles. The van der Waals surface area contributed by atoms with E-state index in [0.29, 0.717) is 18.2 Å². The van der Waals surface area contributed by atoms with Gasteiger partial charge < -0.3 is 10.2 Å². The lowest BCUT2D eigenvalue weighted by molar-refractivity contribution is -0.138. The van der Waals surface area contributed by atoms with E-state index in [2.05, 4.69) is 5.32 Å². The van der Waals surface area contributed by atoms with E-state index in [4.69, 9.17) is 0 Å². The Kier molecular flexibility index (Phi) is 3.57. The lowest BCUT2D eigenvalue weighted by Crippen LogP contribution is -2.53. The molecule has 1 amide bonds. The van der Waals surface area contributed by atoms with Crippen LogP contribution >= 0.6 is 0 Å². The number of hydrogen-bond donors (Lipinski definition) is 1. The number of carbonyl (C=O) groups excluding carboxylic acids is 1. The molecule has 15 heavy (non-hydrogen) atoms. The fourth-order valence-electron chi connectivity index (χ4n) is 2.32. The summed E-state index contributed by atoms with van der Waals surface area (Å²) in [6, 6.07) is 0. The van der Waals surface area contributed by atoms with Crippen molar-refractivity contribution in [1.82, 2.24) is 10.2 Å². The first-order chi connectivity index (χ1) is 7.31. The van der Waals surface area contributed by atoms with E-state index in [1.807, 2.05) is 4.90 Å². The predicted octanol–water partition coefficient (Wildman–Crippen LogP) is 0.804. The number of nitrogens with one attached hydrogen (secondary N) is 1. The Morgan fingerprint density at radius 2 is 2.00 bits per heavy atom. The molecule has 3 nitrogen and oxygen atoms in total. The summed E-state index contributed by atoms with van der Waals surface area (Å²) in [4.78, 5) is 13.8. The average molecular weight is 214 g/mol. The molecule has 2 aliphatic rings. The zero-order valence-electron chi connectivity index (χ0n) is 9.04. The highest BCUT2D eigenvalue weighted by Crippen LogP contribution is 2.22. The monoisotopic (exact) mass is 214 g/mol. The number of hydrogen-bond acceptors (Lipinski definition) is 2. The molecular formula is C11H19FN2O. The van der Waals surface area contributed by atoms with Crippen LogP contribution in [0, 0.1) is 11.8 Å². The number of likely N-dealkylation sites (tertiary alicyclic amines) is 1. The van der Waals surface area contributed by atoms with Crippen LogP contribution in [0.3, 0.4) is 0 Å². The molecule has 0 aromatic heterocycles. The summed E-state index contributed by atoms with van der Waals surface area (Å²) >= 11 is 0. The van der Waals surface area contributed by atoms with Gasteiger partial charge in [0, 0.05) is 26.2 Å². The van der Waals surface area contributed by atoms with Gasteiger partial charge in [-0.2, -0.15) is 0 Å². The first-order valence-electron chi connectivity index (χ1n) is 5.86. The summed E-state index contributed by atoms with van der Waals surface area (Å²) in [5, 5.41) is 3.11. The molecule has 1 N–H and O–H groups in total. The molecule has 0 bridgehead atoms. The van der Waals surface area contributed by atoms with Gasteiger partial charge in [0.05, 0.1) is 12.6 Å². The molecule has 2 fully saturated rings. The Morgan fingerprint density at radius 1 is 1.33 bits per heavy atom. The molecule has 0 aliphatic carbocycles. The van der Waals surface area contributed by atoms with Crippen LogP contribution in [0.25, 0.3) is 0 Å². The number of carbonyl (C=O) groups is 1. The fourth-order valence-corrected chi connectivity index (χ4v) is 2.32. The number of nitrogens with zero attached hydrogens (tertiary/aromatic N) is 1. The van der Waals surface area contributed by atoms with Gasteiger partial charge >= 0.3 is 0 Å². The molecule has 4 heteroatoms. The standard InChI is InChI=1S/C11H19FN2O/c12-4-1-9-2-5-14(6-3-9)11(15)10-7-13-8-10/h9-10,13H,1-8H2. The van der Waals surface area contributed by atoms with Crippen LogP contribution in [0.15, 0.2) is 0 Å². The largest absolute Gasteiger partial charge is 0.342 e. The van der Waals surface area contributed by atoms with Gasteiger partial charge in [-0.05, 0) is 25.2 Å². The summed E-state index contributed by atoms with van der Waals surface area (Å²) in [5.41, 5.74) is 0. The second-order valence-corrected chi connectivity index (χ2v) is 4.60. The van der Waals surface area contributed by atoms with Crippen LogP contribution in [0.5, 0.6) is 0 Å². The highest BCUT2D eigenvalue weighted by molar-refractivity contribution is 5.80. The molecule has 2 saturated heterocycles. The zero-order chi connectivity index (χ0) is 10.7. The van der Waals surface area contributed by atoms with Crippen molar-refractivity contribution < 1.29 is 9.18 Å². The van der Waals surface area contributed by atoms with E-state index < -0.39 is 0 Å². The summed E-state index contributed by atoms with van der Waals surface area (Å²) in [5.74, 6) is 1.01. The van der Waals surface area contributed by atoms with Gasteiger partial charge in [0.25, 0.3) is 0 Å². The van der Waals surface area contributed by atoms with Gasteiger partial charge in [-0.1, -0.05) is 0 Å². The van der Waals surface area contributed by atoms with Crippen molar-refractivity contribution >= 4 is 5.91 Å². The topological polar surface area (TPSA) is 32.3 Å². The smallest absolute Gasteiger partial charge is 0.228 e. The van der Waals surface area contributed by atoms with Crippen LogP contribution in [-0.2, 0) is 4.79 Å². The van der Waals surface area contributed by atoms with Gasteiger partial charge in [-0.15, -0.1) is 0 Å². The van der Waals surface area contributed by atoms with Gasteiger partial charge in [-0.25, -0.2) is 0 Å². The quantitative estimate of drug-likeness (QED) is 0.754. The molecule has 0 aromatic rings. The minimum absolute atomic E-state index is 0.211. The van der Waals surface area contributed by atoms with Gasteiger partial charge in [0.1, 0.15) is 0 Å². The lowest BCUT2D eigenvalue weighted by atomic mass is 9.92. The fraction of sp³-hybridized carbons (Fsp3) is 0.909. The van der Waals surface area contributed by atoms with E-state index in [1.165, 1.54) is 0 Å². The Bertz CT molecular complexity index is 223. The number of halogens is 1. The Hall–Kier alpha value is -0.640. The molecule has 86 valence electrons. The summed E-state index contributed by atoms with van der Waals surface area (Å²) in [6.45, 7) is 3.12. The highest BCUT2D eigenvalue weighted by atomic mass is 19.1. The summed E-state index contributed by atoms with van der Waals surface area (Å²) in [7, 11) is 0. The Labute approximate surface area is 90.0 Å². The van der Waals surface area contributed by atoms with Crippen LogP contribution < -0.4 is 5.32 Å². The molecular weight excluding hydrogens is 195 g/mol. The van der Waals surface area contributed by atoms with Crippen molar-refractivity contribution in [3.63, 3.8) is 0 Å². The van der Waals surface area contributed by atoms with E-state index in [0.717, 1.165) is 39.0 Å². The molecule has 0 saturated carbocycles. The van der Waals surface area contributed by atoms with Gasteiger partial charge in [0.15, 0.2) is 0 Å². The minimum atomic E-state index is -0.217. The second-order valence-electron chi connectivity index (χ2n) is 4.60. The lowest BCUT2D eigenvalue weighted by Gasteiger charge is -2.36. The van der Waals surface area contributed by atoms with Crippen molar-refractivity contribution in [2.75, 3.05) is 32.9 Å². The first-order valence-corrected chi connectivity index (χ1v) is 5.86. The molecule has 0 spiro atoms. The molecule has 0 radical (unpaired) electrons. The summed E-state index contributed by atoms with van der Waals surface area (Å²) < 4.78 is 12.1. The van der Waals surface area contributed by atoms with E-state index in [9.17, 15) is 9.18 Å². The average Bonchev–Trinajstić information content (AvgIpc) is 2.16. The molecule has 2 rings (SSSR count). The first kappa shape index (κ1) is 10.9. The van der Waals surface area contributed by atoms with Crippen LogP contribution in [0.2, 0.25) is 0 Å². The van der Waals surface area contributed by atoms with Crippen molar-refractivity contribution in [3.8, 4) is 0 Å². The maximum absolute atomic E-state index is 12.1. The van der Waals surface area contributed by atoms with Crippen LogP contribution in [-0.4, -0.2) is 43.7 Å². The maximum Gasteiger partial charge on any atom is 0.228 e. The van der Waals surface area contributed by atoms with Crippen molar-refractivity contribution in [2.45, 2.75) is 19.3 Å². The van der Waals surface area contributed by atoms with Gasteiger partial charge in [-0.3, -0.25) is 9.18 Å². The Morgan fingerprint density at radius 3 is 2.47 bits per heavy atom. The van der Waals surface area contributed by atoms with Crippen molar-refractivity contribution in [1.29, 1.82) is 0 Å². The molecule has 2 aliphatic heterocycles. The third-order valence-electron chi connectivity index (χ3n) is 3.57. The number of alkyl halides is 1. The number of rotatable bonds is 3. The predicted molar refractivity (Wildman–Crippen MR) is 56.3 cm³/mol. The summed E-state index contributed by atoms with van der Waals surface area (Å²) in [6.07, 6.45) is 2.64. The Balaban J connectivity index is 1.74. The van der Waals surface area contributed by atoms with Gasteiger partial charge in [0.2, 0.25) is 5.91 Å². The van der Waals surface area contributed by atoms with Crippen LogP contribution in [0.1, 0.15) is 19.3 Å². The van der Waals surface area contributed by atoms with E-state index >= 15 is 0 Å². The minimum Gasteiger partial charge on any atom is -0.342 e. The highest BCUT2D eigenvalue weighted by Gasteiger charge is 2.31. The zero-order valence-corrected chi connectivity index (χ0v) is 9.04. The van der Waals surface area contributed by atoms with Crippen molar-refractivity contribution in [2.24, 2.45) is 11.8 Å².